The quantitative estimate of drug-likeness (QED) is 0.339. The normalized spacial score (nSPS) is 16.8. The first-order chi connectivity index (χ1) is 14.5. The molecule has 1 unspecified atom stereocenters. The van der Waals surface area contributed by atoms with Gasteiger partial charge in [-0.05, 0) is 24.8 Å². The molecule has 0 bridgehead atoms. The van der Waals surface area contributed by atoms with Crippen molar-refractivity contribution in [1.82, 2.24) is 19.5 Å². The number of halogens is 3. The molecule has 1 atom stereocenters. The zero-order valence-corrected chi connectivity index (χ0v) is 17.8. The zero-order valence-electron chi connectivity index (χ0n) is 16.2. The molecular formula is C19H15F3N5O2S2+. The van der Waals surface area contributed by atoms with Gasteiger partial charge >= 0.3 is 5.51 Å². The Balaban J connectivity index is 1.88. The molecule has 7 nitrogen and oxygen atoms in total. The first-order valence-corrected chi connectivity index (χ1v) is 11.4. The summed E-state index contributed by atoms with van der Waals surface area (Å²) in [5, 5.41) is 9.41. The molecule has 0 aromatic carbocycles. The third-order valence-electron chi connectivity index (χ3n) is 4.88. The second-order valence-corrected chi connectivity index (χ2v) is 10.3. The van der Waals surface area contributed by atoms with Gasteiger partial charge in [-0.1, -0.05) is 16.4 Å². The van der Waals surface area contributed by atoms with E-state index in [0.29, 0.717) is 11.2 Å². The lowest BCUT2D eigenvalue weighted by Crippen LogP contribution is -2.17. The molecule has 160 valence electrons. The molecule has 1 aliphatic rings. The number of alkyl halides is 3. The van der Waals surface area contributed by atoms with E-state index in [1.54, 1.807) is 26.1 Å². The molecule has 0 saturated carbocycles. The number of imidazole rings is 1. The molecule has 3 aromatic heterocycles. The fraction of sp³-hybridized carbons (Fsp3) is 0.263. The number of thioether (sulfide) groups is 1. The molecule has 31 heavy (non-hydrogen) atoms. The molecule has 3 heterocycles. The van der Waals surface area contributed by atoms with Gasteiger partial charge < -0.3 is 4.57 Å². The summed E-state index contributed by atoms with van der Waals surface area (Å²) >= 11 is -0.299. The standard InChI is InChI=1S/C19H14F3N5O2S2/c1-3-31(28,29)14-6-11(18(10-23)4-5-18)8-24-15(14)17-26-13-7-12(30-19(20,21)22)9-25-16(13)27(17)2/h4-9H,3H2,1-2H3/p+1. The van der Waals surface area contributed by atoms with Gasteiger partial charge in [0, 0.05) is 36.0 Å². The van der Waals surface area contributed by atoms with E-state index in [0.717, 1.165) is 6.20 Å². The van der Waals surface area contributed by atoms with Crippen LogP contribution in [-0.2, 0) is 26.9 Å². The van der Waals surface area contributed by atoms with E-state index in [1.807, 2.05) is 0 Å². The van der Waals surface area contributed by atoms with Gasteiger partial charge in [0.25, 0.3) is 0 Å². The number of nitrogens with zero attached hydrogens (tertiary/aromatic N) is 5. The fourth-order valence-corrected chi connectivity index (χ4v) is 4.72. The summed E-state index contributed by atoms with van der Waals surface area (Å²) in [5.74, 6) is 0.0929. The van der Waals surface area contributed by atoms with E-state index >= 15 is 0 Å². The average Bonchev–Trinajstić information content (AvgIpc) is 3.45. The van der Waals surface area contributed by atoms with Crippen LogP contribution in [0, 0.1) is 11.3 Å². The number of hydrogen-bond acceptors (Lipinski definition) is 6. The average molecular weight is 466 g/mol. The predicted molar refractivity (Wildman–Crippen MR) is 110 cm³/mol. The lowest BCUT2D eigenvalue weighted by Gasteiger charge is -2.12. The molecule has 0 spiro atoms. The van der Waals surface area contributed by atoms with Gasteiger partial charge in [0.1, 0.15) is 16.7 Å². The summed E-state index contributed by atoms with van der Waals surface area (Å²) < 4.78 is 63.1. The van der Waals surface area contributed by atoms with Gasteiger partial charge in [0.05, 0.1) is 6.07 Å². The van der Waals surface area contributed by atoms with Gasteiger partial charge in [-0.25, -0.2) is 15.0 Å². The Labute approximate surface area is 180 Å². The molecule has 0 saturated heterocycles. The van der Waals surface area contributed by atoms with Crippen LogP contribution >= 0.6 is 11.8 Å². The number of aromatic nitrogens is 4. The van der Waals surface area contributed by atoms with Crippen LogP contribution in [0.5, 0.6) is 0 Å². The highest BCUT2D eigenvalue weighted by atomic mass is 32.3. The zero-order chi connectivity index (χ0) is 22.6. The van der Waals surface area contributed by atoms with Gasteiger partial charge in [-0.2, -0.15) is 23.0 Å². The number of pyridine rings is 2. The monoisotopic (exact) mass is 466 g/mol. The molecule has 1 aliphatic carbocycles. The molecule has 0 fully saturated rings. The summed E-state index contributed by atoms with van der Waals surface area (Å²) in [4.78, 5) is 12.6. The maximum absolute atomic E-state index is 12.9. The minimum Gasteiger partial charge on any atom is -0.310 e. The lowest BCUT2D eigenvalue weighted by molar-refractivity contribution is -0.0328. The second-order valence-electron chi connectivity index (χ2n) is 6.87. The Morgan fingerprint density at radius 2 is 2.00 bits per heavy atom. The van der Waals surface area contributed by atoms with Crippen molar-refractivity contribution in [3.05, 3.63) is 42.2 Å². The van der Waals surface area contributed by atoms with Crippen molar-refractivity contribution in [2.75, 3.05) is 5.75 Å². The smallest absolute Gasteiger partial charge is 0.310 e. The Morgan fingerprint density at radius 3 is 2.58 bits per heavy atom. The molecule has 4 rings (SSSR count). The Morgan fingerprint density at radius 1 is 1.29 bits per heavy atom. The van der Waals surface area contributed by atoms with E-state index < -0.39 is 21.1 Å². The van der Waals surface area contributed by atoms with Crippen LogP contribution < -0.4 is 0 Å². The summed E-state index contributed by atoms with van der Waals surface area (Å²) in [6.07, 6.45) is 5.86. The summed E-state index contributed by atoms with van der Waals surface area (Å²) in [6.45, 7) is 1.55. The van der Waals surface area contributed by atoms with Crippen LogP contribution in [0.25, 0.3) is 22.7 Å². The predicted octanol–water partition coefficient (Wildman–Crippen LogP) is 4.32. The molecule has 0 radical (unpaired) electrons. The number of aryl methyl sites for hydroxylation is 1. The maximum atomic E-state index is 12.9. The van der Waals surface area contributed by atoms with E-state index in [1.165, 1.54) is 22.9 Å². The Kier molecular flexibility index (Phi) is 4.95. The molecule has 0 amide bonds. The van der Waals surface area contributed by atoms with Crippen molar-refractivity contribution < 1.29 is 21.9 Å². The van der Waals surface area contributed by atoms with E-state index in [4.69, 9.17) is 0 Å². The first-order valence-electron chi connectivity index (χ1n) is 8.95. The van der Waals surface area contributed by atoms with Crippen LogP contribution in [0.3, 0.4) is 0 Å². The summed E-state index contributed by atoms with van der Waals surface area (Å²) in [5.41, 5.74) is -4.34. The summed E-state index contributed by atoms with van der Waals surface area (Å²) in [6, 6.07) is 4.86. The minimum absolute atomic E-state index is 0.0131. The second kappa shape index (κ2) is 7.15. The maximum Gasteiger partial charge on any atom is 0.446 e. The largest absolute Gasteiger partial charge is 0.446 e. The number of fused-ring (bicyclic) bond motifs is 1. The molecular weight excluding hydrogens is 451 g/mol. The minimum atomic E-state index is -4.46. The molecule has 12 heteroatoms. The highest BCUT2D eigenvalue weighted by Gasteiger charge is 2.41. The van der Waals surface area contributed by atoms with E-state index in [-0.39, 0.29) is 44.3 Å². The van der Waals surface area contributed by atoms with Crippen molar-refractivity contribution in [3.8, 4) is 17.6 Å². The van der Waals surface area contributed by atoms with Crippen LogP contribution in [0.15, 0.2) is 46.5 Å². The van der Waals surface area contributed by atoms with Crippen molar-refractivity contribution in [2.24, 2.45) is 7.05 Å². The van der Waals surface area contributed by atoms with Gasteiger partial charge in [-0.3, -0.25) is 0 Å². The number of hydrogen-bond donors (Lipinski definition) is 1. The molecule has 0 aliphatic heterocycles. The third kappa shape index (κ3) is 3.84. The highest BCUT2D eigenvalue weighted by molar-refractivity contribution is 8.00. The third-order valence-corrected chi connectivity index (χ3v) is 7.35. The van der Waals surface area contributed by atoms with Crippen LogP contribution in [-0.4, -0.2) is 35.3 Å². The lowest BCUT2D eigenvalue weighted by atomic mass is 9.97. The molecule has 3 aromatic rings. The number of allylic oxidation sites excluding steroid dienone is 2. The van der Waals surface area contributed by atoms with Crippen molar-refractivity contribution in [2.45, 2.75) is 27.6 Å². The Hall–Kier alpha value is -2.75. The van der Waals surface area contributed by atoms with Gasteiger partial charge in [0.2, 0.25) is 15.1 Å². The van der Waals surface area contributed by atoms with Crippen molar-refractivity contribution in [1.29, 1.82) is 5.26 Å². The topological polar surface area (TPSA) is 105 Å². The van der Waals surface area contributed by atoms with E-state index in [9.17, 15) is 27.2 Å². The Bertz CT molecular complexity index is 1320. The van der Waals surface area contributed by atoms with Crippen LogP contribution in [0.1, 0.15) is 12.5 Å². The number of nitriles is 1. The first kappa shape index (κ1) is 21.5. The van der Waals surface area contributed by atoms with Crippen molar-refractivity contribution in [3.63, 3.8) is 0 Å². The van der Waals surface area contributed by atoms with Gasteiger partial charge in [-0.15, -0.1) is 0 Å². The van der Waals surface area contributed by atoms with Crippen LogP contribution in [0.4, 0.5) is 13.2 Å². The number of rotatable bonds is 5. The van der Waals surface area contributed by atoms with Gasteiger partial charge in [0.15, 0.2) is 17.2 Å². The molecule has 1 N–H and O–H groups in total. The summed E-state index contributed by atoms with van der Waals surface area (Å²) in [7, 11) is -1.91. The fourth-order valence-electron chi connectivity index (χ4n) is 3.11. The van der Waals surface area contributed by atoms with E-state index in [2.05, 4.69) is 21.0 Å². The van der Waals surface area contributed by atoms with Crippen LogP contribution in [0.2, 0.25) is 0 Å². The van der Waals surface area contributed by atoms with Crippen molar-refractivity contribution >= 4 is 33.1 Å². The SMILES string of the molecule is CC[S+](=O)(O)c1cc(C2(C#N)C=C2)cnc1-c1nc2cc(SC(F)(F)F)cnc2n1C. The highest BCUT2D eigenvalue weighted by Crippen LogP contribution is 2.41.